The average molecular weight is 393 g/mol. The summed E-state index contributed by atoms with van der Waals surface area (Å²) in [7, 11) is 0. The van der Waals surface area contributed by atoms with Gasteiger partial charge >= 0.3 is 0 Å². The second kappa shape index (κ2) is 7.92. The minimum Gasteiger partial charge on any atom is -0.379 e. The predicted molar refractivity (Wildman–Crippen MR) is 95.8 cm³/mol. The molecule has 1 aliphatic heterocycles. The number of amides is 1. The summed E-state index contributed by atoms with van der Waals surface area (Å²) in [6, 6.07) is 7.99. The maximum Gasteiger partial charge on any atom is 0.246 e. The van der Waals surface area contributed by atoms with Gasteiger partial charge in [0.15, 0.2) is 0 Å². The molecule has 0 bridgehead atoms. The van der Waals surface area contributed by atoms with Crippen molar-refractivity contribution in [1.29, 1.82) is 0 Å². The van der Waals surface area contributed by atoms with Gasteiger partial charge in [-0.05, 0) is 40.5 Å². The summed E-state index contributed by atoms with van der Waals surface area (Å²) >= 11 is 3.40. The highest BCUT2D eigenvalue weighted by Gasteiger charge is 2.11. The molecule has 1 aromatic carbocycles. The maximum atomic E-state index is 12.2. The molecular formula is C17H21BrN4O2. The molecule has 3 rings (SSSR count). The van der Waals surface area contributed by atoms with Gasteiger partial charge in [-0.2, -0.15) is 5.10 Å². The highest BCUT2D eigenvalue weighted by Crippen LogP contribution is 2.15. The molecule has 0 saturated carbocycles. The number of nitrogens with zero attached hydrogens (tertiary/aromatic N) is 3. The topological polar surface area (TPSA) is 59.4 Å². The average Bonchev–Trinajstić information content (AvgIpc) is 2.86. The molecule has 1 saturated heterocycles. The summed E-state index contributed by atoms with van der Waals surface area (Å²) in [5.74, 6) is -0.0893. The lowest BCUT2D eigenvalue weighted by atomic mass is 10.2. The molecule has 0 spiro atoms. The van der Waals surface area contributed by atoms with E-state index in [1.165, 1.54) is 5.56 Å². The molecule has 1 aliphatic rings. The molecule has 6 nitrogen and oxygen atoms in total. The van der Waals surface area contributed by atoms with Crippen molar-refractivity contribution in [2.45, 2.75) is 20.0 Å². The highest BCUT2D eigenvalue weighted by atomic mass is 79.9. The number of benzene rings is 1. The van der Waals surface area contributed by atoms with Crippen molar-refractivity contribution in [3.8, 4) is 0 Å². The lowest BCUT2D eigenvalue weighted by Gasteiger charge is -2.26. The van der Waals surface area contributed by atoms with Crippen LogP contribution in [0.3, 0.4) is 0 Å². The van der Waals surface area contributed by atoms with Crippen molar-refractivity contribution in [3.63, 3.8) is 0 Å². The van der Waals surface area contributed by atoms with E-state index in [-0.39, 0.29) is 12.5 Å². The summed E-state index contributed by atoms with van der Waals surface area (Å²) in [4.78, 5) is 14.5. The van der Waals surface area contributed by atoms with Crippen molar-refractivity contribution in [2.24, 2.45) is 0 Å². The number of carbonyl (C=O) groups excluding carboxylic acids is 1. The number of morpholine rings is 1. The molecule has 128 valence electrons. The van der Waals surface area contributed by atoms with Gasteiger partial charge in [-0.3, -0.25) is 14.4 Å². The molecule has 1 fully saturated rings. The zero-order valence-electron chi connectivity index (χ0n) is 13.7. The van der Waals surface area contributed by atoms with Gasteiger partial charge in [0.1, 0.15) is 6.54 Å². The van der Waals surface area contributed by atoms with Gasteiger partial charge in [0.25, 0.3) is 0 Å². The number of aromatic nitrogens is 2. The molecule has 0 aliphatic carbocycles. The van der Waals surface area contributed by atoms with E-state index >= 15 is 0 Å². The molecule has 0 radical (unpaired) electrons. The van der Waals surface area contributed by atoms with Crippen LogP contribution in [0, 0.1) is 6.92 Å². The molecule has 2 aromatic rings. The second-order valence-electron chi connectivity index (χ2n) is 5.90. The Hall–Kier alpha value is -1.70. The molecule has 1 amide bonds. The van der Waals surface area contributed by atoms with E-state index in [0.29, 0.717) is 0 Å². The third kappa shape index (κ3) is 4.66. The van der Waals surface area contributed by atoms with E-state index in [0.717, 1.165) is 48.7 Å². The van der Waals surface area contributed by atoms with Crippen LogP contribution in [0.4, 0.5) is 5.69 Å². The number of aryl methyl sites for hydroxylation is 1. The van der Waals surface area contributed by atoms with E-state index in [2.05, 4.69) is 37.3 Å². The van der Waals surface area contributed by atoms with Gasteiger partial charge in [0.2, 0.25) is 5.91 Å². The fourth-order valence-electron chi connectivity index (χ4n) is 2.69. The van der Waals surface area contributed by atoms with Gasteiger partial charge in [-0.25, -0.2) is 0 Å². The molecule has 1 aromatic heterocycles. The van der Waals surface area contributed by atoms with E-state index in [9.17, 15) is 4.79 Å². The third-order valence-electron chi connectivity index (χ3n) is 3.91. The molecule has 2 heterocycles. The molecule has 0 atom stereocenters. The first-order valence-corrected chi connectivity index (χ1v) is 8.78. The number of halogens is 1. The fraction of sp³-hybridized carbons (Fsp3) is 0.412. The first-order valence-electron chi connectivity index (χ1n) is 7.98. The summed E-state index contributed by atoms with van der Waals surface area (Å²) in [5.41, 5.74) is 2.87. The van der Waals surface area contributed by atoms with Crippen LogP contribution in [0.1, 0.15) is 11.3 Å². The Morgan fingerprint density at radius 2 is 2.17 bits per heavy atom. The van der Waals surface area contributed by atoms with Crippen molar-refractivity contribution in [2.75, 3.05) is 31.6 Å². The number of ether oxygens (including phenoxy) is 1. The van der Waals surface area contributed by atoms with Gasteiger partial charge in [-0.15, -0.1) is 0 Å². The maximum absolute atomic E-state index is 12.2. The van der Waals surface area contributed by atoms with Gasteiger partial charge in [0.05, 0.1) is 23.4 Å². The Morgan fingerprint density at radius 1 is 1.38 bits per heavy atom. The number of nitrogens with one attached hydrogen (secondary N) is 1. The van der Waals surface area contributed by atoms with Crippen LogP contribution in [0.25, 0.3) is 0 Å². The summed E-state index contributed by atoms with van der Waals surface area (Å²) in [6.07, 6.45) is 1.81. The predicted octanol–water partition coefficient (Wildman–Crippen LogP) is 2.42. The van der Waals surface area contributed by atoms with E-state index in [4.69, 9.17) is 4.74 Å². The molecule has 7 heteroatoms. The summed E-state index contributed by atoms with van der Waals surface area (Å²) in [5, 5.41) is 7.22. The van der Waals surface area contributed by atoms with Crippen molar-refractivity contribution < 1.29 is 9.53 Å². The van der Waals surface area contributed by atoms with Crippen LogP contribution < -0.4 is 5.32 Å². The number of carbonyl (C=O) groups is 1. The zero-order chi connectivity index (χ0) is 16.9. The smallest absolute Gasteiger partial charge is 0.246 e. The van der Waals surface area contributed by atoms with Gasteiger partial charge in [-0.1, -0.05) is 12.1 Å². The minimum absolute atomic E-state index is 0.0893. The van der Waals surface area contributed by atoms with Crippen LogP contribution in [0.2, 0.25) is 0 Å². The fourth-order valence-corrected chi connectivity index (χ4v) is 3.00. The Kier molecular flexibility index (Phi) is 5.65. The van der Waals surface area contributed by atoms with Crippen molar-refractivity contribution in [3.05, 3.63) is 46.2 Å². The molecule has 1 N–H and O–H groups in total. The summed E-state index contributed by atoms with van der Waals surface area (Å²) < 4.78 is 7.91. The Morgan fingerprint density at radius 3 is 2.88 bits per heavy atom. The lowest BCUT2D eigenvalue weighted by molar-refractivity contribution is -0.116. The van der Waals surface area contributed by atoms with Crippen molar-refractivity contribution >= 4 is 27.5 Å². The van der Waals surface area contributed by atoms with Crippen LogP contribution in [0.15, 0.2) is 34.9 Å². The third-order valence-corrected chi connectivity index (χ3v) is 4.69. The quantitative estimate of drug-likeness (QED) is 0.848. The number of hydrogen-bond donors (Lipinski definition) is 1. The van der Waals surface area contributed by atoms with Crippen LogP contribution in [-0.2, 0) is 22.6 Å². The van der Waals surface area contributed by atoms with Crippen LogP contribution in [-0.4, -0.2) is 46.9 Å². The monoisotopic (exact) mass is 392 g/mol. The minimum atomic E-state index is -0.0893. The Bertz CT molecular complexity index is 691. The number of rotatable bonds is 5. The molecule has 0 unspecified atom stereocenters. The van der Waals surface area contributed by atoms with E-state index < -0.39 is 0 Å². The normalized spacial score (nSPS) is 15.4. The zero-order valence-corrected chi connectivity index (χ0v) is 15.3. The molecule has 24 heavy (non-hydrogen) atoms. The van der Waals surface area contributed by atoms with E-state index in [1.54, 1.807) is 4.68 Å². The van der Waals surface area contributed by atoms with Crippen molar-refractivity contribution in [1.82, 2.24) is 14.7 Å². The summed E-state index contributed by atoms with van der Waals surface area (Å²) in [6.45, 7) is 6.44. The SMILES string of the molecule is Cc1nn(CC(=O)Nc2cccc(CN3CCOCC3)c2)cc1Br. The van der Waals surface area contributed by atoms with Crippen LogP contribution in [0.5, 0.6) is 0 Å². The van der Waals surface area contributed by atoms with Gasteiger partial charge in [0, 0.05) is 31.5 Å². The first-order chi connectivity index (χ1) is 11.6. The number of anilines is 1. The highest BCUT2D eigenvalue weighted by molar-refractivity contribution is 9.10. The lowest BCUT2D eigenvalue weighted by Crippen LogP contribution is -2.35. The number of hydrogen-bond acceptors (Lipinski definition) is 4. The van der Waals surface area contributed by atoms with Crippen LogP contribution >= 0.6 is 15.9 Å². The standard InChI is InChI=1S/C17H21BrN4O2/c1-13-16(18)11-22(20-13)12-17(23)19-15-4-2-3-14(9-15)10-21-5-7-24-8-6-21/h2-4,9,11H,5-8,10,12H2,1H3,(H,19,23). The van der Waals surface area contributed by atoms with E-state index in [1.807, 2.05) is 31.3 Å². The largest absolute Gasteiger partial charge is 0.379 e. The molecular weight excluding hydrogens is 372 g/mol. The Labute approximate surface area is 149 Å². The second-order valence-corrected chi connectivity index (χ2v) is 6.75. The Balaban J connectivity index is 1.58. The van der Waals surface area contributed by atoms with Gasteiger partial charge < -0.3 is 10.1 Å². The first kappa shape index (κ1) is 17.1.